The summed E-state index contributed by atoms with van der Waals surface area (Å²) in [5.74, 6) is 1.66. The number of nitrogens with two attached hydrogens (primary N) is 1. The number of rotatable bonds is 4. The first-order chi connectivity index (χ1) is 8.31. The predicted octanol–water partition coefficient (Wildman–Crippen LogP) is 2.08. The second-order valence-electron chi connectivity index (χ2n) is 4.78. The van der Waals surface area contributed by atoms with Crippen molar-refractivity contribution in [1.29, 1.82) is 0 Å². The highest BCUT2D eigenvalue weighted by Gasteiger charge is 2.19. The Morgan fingerprint density at radius 2 is 2.06 bits per heavy atom. The van der Waals surface area contributed by atoms with Crippen LogP contribution in [0.25, 0.3) is 0 Å². The second-order valence-corrected chi connectivity index (χ2v) is 4.78. The SMILES string of the molecule is COc1ccccc1C(N)CC1CCNCC1. The molecule has 0 bridgehead atoms. The maximum atomic E-state index is 6.30. The van der Waals surface area contributed by atoms with Gasteiger partial charge in [-0.2, -0.15) is 0 Å². The Bertz CT molecular complexity index is 348. The summed E-state index contributed by atoms with van der Waals surface area (Å²) in [7, 11) is 1.70. The Labute approximate surface area is 103 Å². The zero-order valence-electron chi connectivity index (χ0n) is 10.5. The van der Waals surface area contributed by atoms with Gasteiger partial charge in [-0.15, -0.1) is 0 Å². The largest absolute Gasteiger partial charge is 0.496 e. The topological polar surface area (TPSA) is 47.3 Å². The average molecular weight is 234 g/mol. The molecule has 1 saturated heterocycles. The maximum Gasteiger partial charge on any atom is 0.123 e. The Morgan fingerprint density at radius 3 is 2.76 bits per heavy atom. The van der Waals surface area contributed by atoms with Crippen LogP contribution in [0.4, 0.5) is 0 Å². The Balaban J connectivity index is 2.00. The standard InChI is InChI=1S/C14H22N2O/c1-17-14-5-3-2-4-12(14)13(15)10-11-6-8-16-9-7-11/h2-5,11,13,16H,6-10,15H2,1H3. The van der Waals surface area contributed by atoms with Crippen molar-refractivity contribution in [3.8, 4) is 5.75 Å². The zero-order chi connectivity index (χ0) is 12.1. The molecule has 1 fully saturated rings. The number of ether oxygens (including phenoxy) is 1. The number of para-hydroxylation sites is 1. The van der Waals surface area contributed by atoms with Crippen molar-refractivity contribution >= 4 is 0 Å². The molecule has 94 valence electrons. The van der Waals surface area contributed by atoms with E-state index >= 15 is 0 Å². The molecule has 0 radical (unpaired) electrons. The van der Waals surface area contributed by atoms with Crippen molar-refractivity contribution in [2.45, 2.75) is 25.3 Å². The first-order valence-electron chi connectivity index (χ1n) is 6.40. The molecule has 0 aliphatic carbocycles. The third kappa shape index (κ3) is 3.20. The molecular weight excluding hydrogens is 212 g/mol. The summed E-state index contributed by atoms with van der Waals surface area (Å²) in [5.41, 5.74) is 7.43. The van der Waals surface area contributed by atoms with E-state index in [1.165, 1.54) is 12.8 Å². The fourth-order valence-corrected chi connectivity index (χ4v) is 2.58. The molecule has 1 aliphatic rings. The van der Waals surface area contributed by atoms with Crippen LogP contribution < -0.4 is 15.8 Å². The van der Waals surface area contributed by atoms with Gasteiger partial charge in [0.1, 0.15) is 5.75 Å². The van der Waals surface area contributed by atoms with E-state index in [4.69, 9.17) is 10.5 Å². The summed E-state index contributed by atoms with van der Waals surface area (Å²) in [4.78, 5) is 0. The van der Waals surface area contributed by atoms with Gasteiger partial charge in [0.05, 0.1) is 7.11 Å². The molecule has 1 aromatic carbocycles. The van der Waals surface area contributed by atoms with Crippen molar-refractivity contribution in [1.82, 2.24) is 5.32 Å². The van der Waals surface area contributed by atoms with Gasteiger partial charge in [-0.25, -0.2) is 0 Å². The van der Waals surface area contributed by atoms with Gasteiger partial charge >= 0.3 is 0 Å². The van der Waals surface area contributed by atoms with Crippen LogP contribution >= 0.6 is 0 Å². The fourth-order valence-electron chi connectivity index (χ4n) is 2.58. The van der Waals surface area contributed by atoms with Crippen LogP contribution in [0.2, 0.25) is 0 Å². The summed E-state index contributed by atoms with van der Waals surface area (Å²) in [6.45, 7) is 2.26. The number of benzene rings is 1. The third-order valence-electron chi connectivity index (χ3n) is 3.58. The van der Waals surface area contributed by atoms with Crippen LogP contribution in [0.5, 0.6) is 5.75 Å². The lowest BCUT2D eigenvalue weighted by atomic mass is 9.88. The molecule has 0 saturated carbocycles. The van der Waals surface area contributed by atoms with Crippen LogP contribution in [-0.2, 0) is 0 Å². The average Bonchev–Trinajstić information content (AvgIpc) is 2.40. The molecule has 1 heterocycles. The number of nitrogens with one attached hydrogen (secondary N) is 1. The molecule has 1 unspecified atom stereocenters. The molecule has 1 atom stereocenters. The number of piperidine rings is 1. The van der Waals surface area contributed by atoms with E-state index in [1.807, 2.05) is 18.2 Å². The Kier molecular flexibility index (Phi) is 4.40. The van der Waals surface area contributed by atoms with Gasteiger partial charge in [0.15, 0.2) is 0 Å². The monoisotopic (exact) mass is 234 g/mol. The van der Waals surface area contributed by atoms with Gasteiger partial charge in [-0.3, -0.25) is 0 Å². The van der Waals surface area contributed by atoms with E-state index in [-0.39, 0.29) is 6.04 Å². The number of methoxy groups -OCH3 is 1. The lowest BCUT2D eigenvalue weighted by Gasteiger charge is -2.26. The molecule has 3 heteroatoms. The van der Waals surface area contributed by atoms with Crippen molar-refractivity contribution in [3.63, 3.8) is 0 Å². The molecule has 3 N–H and O–H groups in total. The highest BCUT2D eigenvalue weighted by Crippen LogP contribution is 2.29. The quantitative estimate of drug-likeness (QED) is 0.838. The third-order valence-corrected chi connectivity index (χ3v) is 3.58. The minimum absolute atomic E-state index is 0.0919. The van der Waals surface area contributed by atoms with Crippen molar-refractivity contribution < 1.29 is 4.74 Å². The van der Waals surface area contributed by atoms with E-state index in [0.29, 0.717) is 0 Å². The van der Waals surface area contributed by atoms with Gasteiger partial charge in [-0.1, -0.05) is 18.2 Å². The normalized spacial score (nSPS) is 18.9. The number of hydrogen-bond acceptors (Lipinski definition) is 3. The van der Waals surface area contributed by atoms with Crippen LogP contribution in [0.1, 0.15) is 30.9 Å². The van der Waals surface area contributed by atoms with Crippen LogP contribution in [0.15, 0.2) is 24.3 Å². The minimum atomic E-state index is 0.0919. The summed E-state index contributed by atoms with van der Waals surface area (Å²) in [5, 5.41) is 3.38. The number of hydrogen-bond donors (Lipinski definition) is 2. The van der Waals surface area contributed by atoms with Gasteiger partial charge in [0, 0.05) is 11.6 Å². The molecule has 1 aliphatic heterocycles. The smallest absolute Gasteiger partial charge is 0.123 e. The summed E-state index contributed by atoms with van der Waals surface area (Å²) < 4.78 is 5.36. The van der Waals surface area contributed by atoms with Crippen LogP contribution in [-0.4, -0.2) is 20.2 Å². The van der Waals surface area contributed by atoms with E-state index in [9.17, 15) is 0 Å². The Hall–Kier alpha value is -1.06. The lowest BCUT2D eigenvalue weighted by molar-refractivity contribution is 0.328. The Morgan fingerprint density at radius 1 is 1.35 bits per heavy atom. The summed E-state index contributed by atoms with van der Waals surface area (Å²) in [6, 6.07) is 8.16. The van der Waals surface area contributed by atoms with Gasteiger partial charge < -0.3 is 15.8 Å². The zero-order valence-corrected chi connectivity index (χ0v) is 10.5. The van der Waals surface area contributed by atoms with Crippen molar-refractivity contribution in [3.05, 3.63) is 29.8 Å². The second kappa shape index (κ2) is 6.03. The minimum Gasteiger partial charge on any atom is -0.496 e. The first kappa shape index (κ1) is 12.4. The predicted molar refractivity (Wildman–Crippen MR) is 70.1 cm³/mol. The van der Waals surface area contributed by atoms with E-state index in [1.54, 1.807) is 7.11 Å². The van der Waals surface area contributed by atoms with Crippen molar-refractivity contribution in [2.24, 2.45) is 11.7 Å². The van der Waals surface area contributed by atoms with E-state index in [0.717, 1.165) is 36.7 Å². The van der Waals surface area contributed by atoms with Crippen LogP contribution in [0, 0.1) is 5.92 Å². The molecule has 2 rings (SSSR count). The molecule has 0 aromatic heterocycles. The maximum absolute atomic E-state index is 6.30. The van der Waals surface area contributed by atoms with Gasteiger partial charge in [0.2, 0.25) is 0 Å². The molecule has 1 aromatic rings. The molecule has 17 heavy (non-hydrogen) atoms. The molecule has 0 spiro atoms. The summed E-state index contributed by atoms with van der Waals surface area (Å²) >= 11 is 0. The summed E-state index contributed by atoms with van der Waals surface area (Å²) in [6.07, 6.45) is 3.54. The van der Waals surface area contributed by atoms with Gasteiger partial charge in [-0.05, 0) is 44.3 Å². The molecule has 0 amide bonds. The van der Waals surface area contributed by atoms with E-state index in [2.05, 4.69) is 11.4 Å². The van der Waals surface area contributed by atoms with Crippen molar-refractivity contribution in [2.75, 3.05) is 20.2 Å². The highest BCUT2D eigenvalue weighted by atomic mass is 16.5. The first-order valence-corrected chi connectivity index (χ1v) is 6.40. The van der Waals surface area contributed by atoms with Crippen LogP contribution in [0.3, 0.4) is 0 Å². The molecular formula is C14H22N2O. The lowest BCUT2D eigenvalue weighted by Crippen LogP contribution is -2.29. The molecule has 3 nitrogen and oxygen atoms in total. The highest BCUT2D eigenvalue weighted by molar-refractivity contribution is 5.35. The van der Waals surface area contributed by atoms with Gasteiger partial charge in [0.25, 0.3) is 0 Å². The van der Waals surface area contributed by atoms with E-state index < -0.39 is 0 Å². The fraction of sp³-hybridized carbons (Fsp3) is 0.571.